The van der Waals surface area contributed by atoms with Crippen LogP contribution in [-0.2, 0) is 19.5 Å². The molecule has 30 heavy (non-hydrogen) atoms. The zero-order valence-corrected chi connectivity index (χ0v) is 18.9. The summed E-state index contributed by atoms with van der Waals surface area (Å²) in [5, 5.41) is 7.13. The molecule has 1 amide bonds. The number of sulfone groups is 1. The van der Waals surface area contributed by atoms with Crippen LogP contribution in [0.1, 0.15) is 19.4 Å². The standard InChI is InChI=1S/C20H20ClN3O4S2/c1-12(2)11-28-24-18(13-8-9-17(14(21)10-13)30(3,26)27)19(25)23-20-22-15-6-4-5-7-16(15)29-20/h4-10,12H,11H2,1-3H3,(H,22,23,25)/b24-18-. The van der Waals surface area contributed by atoms with E-state index in [-0.39, 0.29) is 21.5 Å². The van der Waals surface area contributed by atoms with E-state index in [1.807, 2.05) is 38.1 Å². The molecular weight excluding hydrogens is 446 g/mol. The van der Waals surface area contributed by atoms with E-state index in [0.717, 1.165) is 16.5 Å². The number of anilines is 1. The maximum Gasteiger partial charge on any atom is 0.280 e. The molecule has 0 aliphatic heterocycles. The number of carbonyl (C=O) groups is 1. The van der Waals surface area contributed by atoms with Crippen molar-refractivity contribution in [2.45, 2.75) is 18.7 Å². The lowest BCUT2D eigenvalue weighted by atomic mass is 10.1. The van der Waals surface area contributed by atoms with Gasteiger partial charge in [0.1, 0.15) is 6.61 Å². The molecule has 2 aromatic carbocycles. The Hall–Kier alpha value is -2.49. The van der Waals surface area contributed by atoms with Crippen LogP contribution in [0.4, 0.5) is 5.13 Å². The molecule has 0 radical (unpaired) electrons. The highest BCUT2D eigenvalue weighted by atomic mass is 35.5. The summed E-state index contributed by atoms with van der Waals surface area (Å²) in [5.41, 5.74) is 1.07. The molecule has 0 unspecified atom stereocenters. The van der Waals surface area contributed by atoms with Gasteiger partial charge in [0, 0.05) is 11.8 Å². The third-order valence-corrected chi connectivity index (χ3v) is 6.43. The van der Waals surface area contributed by atoms with E-state index in [4.69, 9.17) is 16.4 Å². The Morgan fingerprint density at radius 2 is 2.00 bits per heavy atom. The summed E-state index contributed by atoms with van der Waals surface area (Å²) in [4.78, 5) is 22.6. The number of nitrogens with zero attached hydrogens (tertiary/aromatic N) is 2. The smallest absolute Gasteiger partial charge is 0.280 e. The zero-order chi connectivity index (χ0) is 21.9. The van der Waals surface area contributed by atoms with Gasteiger partial charge in [-0.05, 0) is 30.2 Å². The summed E-state index contributed by atoms with van der Waals surface area (Å²) >= 11 is 7.48. The molecule has 0 aliphatic carbocycles. The van der Waals surface area contributed by atoms with Crippen molar-refractivity contribution in [3.63, 3.8) is 0 Å². The largest absolute Gasteiger partial charge is 0.395 e. The van der Waals surface area contributed by atoms with E-state index in [0.29, 0.717) is 17.3 Å². The maximum absolute atomic E-state index is 12.9. The number of oxime groups is 1. The summed E-state index contributed by atoms with van der Waals surface area (Å²) in [6.45, 7) is 4.22. The van der Waals surface area contributed by atoms with Crippen LogP contribution in [0, 0.1) is 5.92 Å². The number of thiazole rings is 1. The molecule has 0 saturated carbocycles. The molecule has 7 nitrogen and oxygen atoms in total. The number of aromatic nitrogens is 1. The molecule has 3 aromatic rings. The second-order valence-electron chi connectivity index (χ2n) is 6.99. The summed E-state index contributed by atoms with van der Waals surface area (Å²) in [6.07, 6.45) is 1.06. The number of carbonyl (C=O) groups excluding carboxylic acids is 1. The Morgan fingerprint density at radius 1 is 1.27 bits per heavy atom. The van der Waals surface area contributed by atoms with Crippen LogP contribution < -0.4 is 5.32 Å². The number of fused-ring (bicyclic) bond motifs is 1. The fourth-order valence-corrected chi connectivity index (χ4v) is 4.70. The first kappa shape index (κ1) is 22.2. The number of rotatable bonds is 7. The topological polar surface area (TPSA) is 97.7 Å². The van der Waals surface area contributed by atoms with Gasteiger partial charge in [-0.3, -0.25) is 10.1 Å². The Morgan fingerprint density at radius 3 is 2.63 bits per heavy atom. The van der Waals surface area contributed by atoms with Crippen molar-refractivity contribution in [1.82, 2.24) is 4.98 Å². The van der Waals surface area contributed by atoms with E-state index in [1.165, 1.54) is 29.5 Å². The zero-order valence-electron chi connectivity index (χ0n) is 16.5. The van der Waals surface area contributed by atoms with Crippen LogP contribution in [0.3, 0.4) is 0 Å². The summed E-state index contributed by atoms with van der Waals surface area (Å²) < 4.78 is 24.6. The first-order valence-corrected chi connectivity index (χ1v) is 12.1. The fourth-order valence-electron chi connectivity index (χ4n) is 2.51. The molecular formula is C20H20ClN3O4S2. The van der Waals surface area contributed by atoms with Crippen LogP contribution in [0.15, 0.2) is 52.5 Å². The van der Waals surface area contributed by atoms with Gasteiger partial charge in [0.05, 0.1) is 20.1 Å². The molecule has 3 rings (SSSR count). The average Bonchev–Trinajstić information content (AvgIpc) is 3.06. The molecule has 1 N–H and O–H groups in total. The van der Waals surface area contributed by atoms with Gasteiger partial charge < -0.3 is 4.84 Å². The third-order valence-electron chi connectivity index (χ3n) is 3.90. The van der Waals surface area contributed by atoms with E-state index in [9.17, 15) is 13.2 Å². The lowest BCUT2D eigenvalue weighted by Crippen LogP contribution is -2.24. The van der Waals surface area contributed by atoms with Gasteiger partial charge in [0.15, 0.2) is 20.7 Å². The van der Waals surface area contributed by atoms with Crippen LogP contribution in [0.25, 0.3) is 10.2 Å². The van der Waals surface area contributed by atoms with E-state index >= 15 is 0 Å². The predicted molar refractivity (Wildman–Crippen MR) is 120 cm³/mol. The second kappa shape index (κ2) is 9.11. The lowest BCUT2D eigenvalue weighted by Gasteiger charge is -2.10. The van der Waals surface area contributed by atoms with Gasteiger partial charge >= 0.3 is 0 Å². The lowest BCUT2D eigenvalue weighted by molar-refractivity contribution is -0.110. The minimum absolute atomic E-state index is 0.000605. The number of nitrogens with one attached hydrogen (secondary N) is 1. The predicted octanol–water partition coefficient (Wildman–Crippen LogP) is 4.37. The maximum atomic E-state index is 12.9. The van der Waals surface area contributed by atoms with Gasteiger partial charge in [0.2, 0.25) is 0 Å². The Kier molecular flexibility index (Phi) is 6.74. The van der Waals surface area contributed by atoms with Crippen LogP contribution in [0.5, 0.6) is 0 Å². The Balaban J connectivity index is 1.93. The van der Waals surface area contributed by atoms with Crippen LogP contribution in [0.2, 0.25) is 5.02 Å². The van der Waals surface area contributed by atoms with Crippen molar-refractivity contribution in [3.05, 3.63) is 53.1 Å². The number of para-hydroxylation sites is 1. The summed E-state index contributed by atoms with van der Waals surface area (Å²) in [5.74, 6) is -0.334. The van der Waals surface area contributed by atoms with Crippen LogP contribution in [-0.4, -0.2) is 37.9 Å². The van der Waals surface area contributed by atoms with Crippen molar-refractivity contribution in [1.29, 1.82) is 0 Å². The van der Waals surface area contributed by atoms with Crippen molar-refractivity contribution in [2.24, 2.45) is 11.1 Å². The minimum atomic E-state index is -3.50. The van der Waals surface area contributed by atoms with E-state index in [1.54, 1.807) is 0 Å². The molecule has 0 atom stereocenters. The third kappa shape index (κ3) is 5.35. The fraction of sp³-hybridized carbons (Fsp3) is 0.250. The molecule has 10 heteroatoms. The highest BCUT2D eigenvalue weighted by molar-refractivity contribution is 7.90. The quantitative estimate of drug-likeness (QED) is 0.412. The Labute approximate surface area is 183 Å². The van der Waals surface area contributed by atoms with Crippen LogP contribution >= 0.6 is 22.9 Å². The highest BCUT2D eigenvalue weighted by Crippen LogP contribution is 2.26. The summed E-state index contributed by atoms with van der Waals surface area (Å²) in [7, 11) is -3.50. The monoisotopic (exact) mass is 465 g/mol. The van der Waals surface area contributed by atoms with Crippen molar-refractivity contribution < 1.29 is 18.0 Å². The van der Waals surface area contributed by atoms with E-state index in [2.05, 4.69) is 15.5 Å². The van der Waals surface area contributed by atoms with Gasteiger partial charge in [-0.25, -0.2) is 13.4 Å². The molecule has 0 fully saturated rings. The molecule has 0 bridgehead atoms. The molecule has 1 aromatic heterocycles. The number of amides is 1. The van der Waals surface area contributed by atoms with Gasteiger partial charge in [-0.1, -0.05) is 60.1 Å². The SMILES string of the molecule is CC(C)CO/N=C(\C(=O)Nc1nc2ccccc2s1)c1ccc(S(C)(=O)=O)c(Cl)c1. The molecule has 0 spiro atoms. The molecule has 1 heterocycles. The number of hydrogen-bond donors (Lipinski definition) is 1. The van der Waals surface area contributed by atoms with Crippen molar-refractivity contribution in [3.8, 4) is 0 Å². The highest BCUT2D eigenvalue weighted by Gasteiger charge is 2.20. The first-order chi connectivity index (χ1) is 14.1. The van der Waals surface area contributed by atoms with Gasteiger partial charge in [0.25, 0.3) is 5.91 Å². The van der Waals surface area contributed by atoms with Crippen molar-refractivity contribution >= 4 is 59.7 Å². The van der Waals surface area contributed by atoms with E-state index < -0.39 is 15.7 Å². The molecule has 0 saturated heterocycles. The normalized spacial score (nSPS) is 12.4. The number of hydrogen-bond acceptors (Lipinski definition) is 7. The van der Waals surface area contributed by atoms with Gasteiger partial charge in [-0.15, -0.1) is 0 Å². The number of halogens is 1. The summed E-state index contributed by atoms with van der Waals surface area (Å²) in [6, 6.07) is 11.7. The van der Waals surface area contributed by atoms with Crippen molar-refractivity contribution in [2.75, 3.05) is 18.2 Å². The first-order valence-electron chi connectivity index (χ1n) is 9.02. The number of benzene rings is 2. The minimum Gasteiger partial charge on any atom is -0.395 e. The molecule has 158 valence electrons. The molecule has 0 aliphatic rings. The average molecular weight is 466 g/mol. The second-order valence-corrected chi connectivity index (χ2v) is 10.4. The van der Waals surface area contributed by atoms with Gasteiger partial charge in [-0.2, -0.15) is 0 Å². The Bertz CT molecular complexity index is 1190.